The number of hydrogen-bond donors (Lipinski definition) is 0. The predicted molar refractivity (Wildman–Crippen MR) is 121 cm³/mol. The second-order valence-electron chi connectivity index (χ2n) is 8.49. The summed E-state index contributed by atoms with van der Waals surface area (Å²) < 4.78 is 12.0. The molecule has 3 unspecified atom stereocenters. The molecule has 2 aliphatic heterocycles. The van der Waals surface area contributed by atoms with E-state index in [-0.39, 0.29) is 29.5 Å². The molecular weight excluding hydrogens is 428 g/mol. The van der Waals surface area contributed by atoms with E-state index in [1.54, 1.807) is 17.0 Å². The number of carbonyl (C=O) groups excluding carboxylic acids is 2. The van der Waals surface area contributed by atoms with Crippen molar-refractivity contribution >= 4 is 29.1 Å². The van der Waals surface area contributed by atoms with Gasteiger partial charge < -0.3 is 9.47 Å². The van der Waals surface area contributed by atoms with Gasteiger partial charge in [-0.15, -0.1) is 0 Å². The van der Waals surface area contributed by atoms with E-state index in [0.717, 1.165) is 37.7 Å². The van der Waals surface area contributed by atoms with E-state index in [4.69, 9.17) is 21.1 Å². The molecule has 1 aromatic heterocycles. The molecule has 2 aromatic rings. The predicted octanol–water partition coefficient (Wildman–Crippen LogP) is 5.02. The number of pyridine rings is 1. The Morgan fingerprint density at radius 3 is 2.81 bits per heavy atom. The Hall–Kier alpha value is -2.86. The molecule has 1 aromatic carbocycles. The summed E-state index contributed by atoms with van der Waals surface area (Å²) in [5, 5.41) is 0.475. The minimum absolute atomic E-state index is 0.0191. The summed E-state index contributed by atoms with van der Waals surface area (Å²) in [6, 6.07) is 10.3. The van der Waals surface area contributed by atoms with Crippen molar-refractivity contribution in [1.82, 2.24) is 4.98 Å². The van der Waals surface area contributed by atoms with Gasteiger partial charge in [-0.3, -0.25) is 14.5 Å². The Labute approximate surface area is 192 Å². The fourth-order valence-electron chi connectivity index (χ4n) is 4.90. The maximum absolute atomic E-state index is 13.7. The Bertz CT molecular complexity index is 1080. The number of benzene rings is 1. The van der Waals surface area contributed by atoms with Crippen LogP contribution >= 0.6 is 11.6 Å². The van der Waals surface area contributed by atoms with Crippen molar-refractivity contribution in [3.05, 3.63) is 64.5 Å². The molecule has 1 amide bonds. The van der Waals surface area contributed by atoms with Gasteiger partial charge in [0.2, 0.25) is 0 Å². The van der Waals surface area contributed by atoms with Gasteiger partial charge in [0, 0.05) is 6.20 Å². The van der Waals surface area contributed by atoms with Crippen LogP contribution in [0.3, 0.4) is 0 Å². The van der Waals surface area contributed by atoms with E-state index < -0.39 is 6.04 Å². The van der Waals surface area contributed by atoms with Crippen molar-refractivity contribution in [3.8, 4) is 5.75 Å². The number of ether oxygens (including phenoxy) is 2. The number of fused-ring (bicyclic) bond motifs is 1. The van der Waals surface area contributed by atoms with Crippen LogP contribution in [-0.2, 0) is 14.3 Å². The van der Waals surface area contributed by atoms with Crippen LogP contribution in [0, 0.1) is 5.92 Å². The van der Waals surface area contributed by atoms with Gasteiger partial charge in [-0.25, -0.2) is 4.98 Å². The lowest BCUT2D eigenvalue weighted by atomic mass is 9.77. The van der Waals surface area contributed by atoms with E-state index in [1.165, 1.54) is 6.20 Å². The molecule has 0 radical (unpaired) electrons. The summed E-state index contributed by atoms with van der Waals surface area (Å²) in [4.78, 5) is 33.2. The number of halogens is 1. The molecule has 1 fully saturated rings. The zero-order valence-corrected chi connectivity index (χ0v) is 18.7. The van der Waals surface area contributed by atoms with Gasteiger partial charge in [0.15, 0.2) is 11.5 Å². The third kappa shape index (κ3) is 3.56. The van der Waals surface area contributed by atoms with Crippen molar-refractivity contribution in [3.63, 3.8) is 0 Å². The quantitative estimate of drug-likeness (QED) is 0.636. The Balaban J connectivity index is 1.62. The number of nitrogens with zero attached hydrogens (tertiary/aromatic N) is 2. The first-order chi connectivity index (χ1) is 15.6. The van der Waals surface area contributed by atoms with Crippen molar-refractivity contribution < 1.29 is 19.1 Å². The monoisotopic (exact) mass is 452 g/mol. The molecule has 6 nitrogen and oxygen atoms in total. The minimum atomic E-state index is -0.619. The molecule has 32 heavy (non-hydrogen) atoms. The Morgan fingerprint density at radius 2 is 2.03 bits per heavy atom. The molecule has 0 saturated heterocycles. The number of amides is 1. The summed E-state index contributed by atoms with van der Waals surface area (Å²) in [6.45, 7) is 2.64. The lowest BCUT2D eigenvalue weighted by molar-refractivity contribution is -0.131. The standard InChI is InChI=1S/C25H25ClN2O4/c1-2-12-31-17-7-5-6-15(13-17)22-21-23(29)18-8-3-4-9-19(18)32-24(21)25(30)28(22)20-11-10-16(26)14-27-20/h5-7,10-11,13-14,18-19,22H,2-4,8-9,12H2,1H3. The van der Waals surface area contributed by atoms with Crippen LogP contribution < -0.4 is 9.64 Å². The first-order valence-corrected chi connectivity index (χ1v) is 11.6. The molecule has 3 atom stereocenters. The average Bonchev–Trinajstić information content (AvgIpc) is 3.11. The van der Waals surface area contributed by atoms with Gasteiger partial charge in [-0.2, -0.15) is 0 Å². The van der Waals surface area contributed by atoms with Gasteiger partial charge in [0.1, 0.15) is 17.7 Å². The lowest BCUT2D eigenvalue weighted by Gasteiger charge is -2.35. The van der Waals surface area contributed by atoms with Crippen LogP contribution in [0.4, 0.5) is 5.82 Å². The summed E-state index contributed by atoms with van der Waals surface area (Å²) in [5.41, 5.74) is 1.22. The fourth-order valence-corrected chi connectivity index (χ4v) is 5.01. The summed E-state index contributed by atoms with van der Waals surface area (Å²) in [6.07, 6.45) is 5.76. The third-order valence-corrected chi connectivity index (χ3v) is 6.59. The molecule has 3 heterocycles. The van der Waals surface area contributed by atoms with Crippen LogP contribution in [0.2, 0.25) is 5.02 Å². The molecular formula is C25H25ClN2O4. The number of aromatic nitrogens is 1. The summed E-state index contributed by atoms with van der Waals surface area (Å²) >= 11 is 6.03. The normalized spacial score (nSPS) is 24.8. The van der Waals surface area contributed by atoms with Gasteiger partial charge >= 0.3 is 0 Å². The fraction of sp³-hybridized carbons (Fsp3) is 0.400. The highest BCUT2D eigenvalue weighted by molar-refractivity contribution is 6.30. The molecule has 0 N–H and O–H groups in total. The molecule has 5 rings (SSSR count). The molecule has 166 valence electrons. The molecule has 3 aliphatic rings. The molecule has 0 spiro atoms. The first kappa shape index (κ1) is 21.0. The van der Waals surface area contributed by atoms with Crippen molar-refractivity contribution in [2.75, 3.05) is 11.5 Å². The van der Waals surface area contributed by atoms with E-state index in [0.29, 0.717) is 28.8 Å². The van der Waals surface area contributed by atoms with Crippen LogP contribution in [0.1, 0.15) is 50.6 Å². The highest BCUT2D eigenvalue weighted by Crippen LogP contribution is 2.48. The van der Waals surface area contributed by atoms with Crippen LogP contribution in [0.25, 0.3) is 0 Å². The Kier molecular flexibility index (Phi) is 5.64. The summed E-state index contributed by atoms with van der Waals surface area (Å²) in [5.74, 6) is 0.783. The first-order valence-electron chi connectivity index (χ1n) is 11.2. The van der Waals surface area contributed by atoms with Crippen LogP contribution in [-0.4, -0.2) is 29.4 Å². The zero-order chi connectivity index (χ0) is 22.2. The zero-order valence-electron chi connectivity index (χ0n) is 17.9. The van der Waals surface area contributed by atoms with Crippen molar-refractivity contribution in [2.24, 2.45) is 5.92 Å². The molecule has 1 aliphatic carbocycles. The number of anilines is 1. The maximum atomic E-state index is 13.7. The van der Waals surface area contributed by atoms with Crippen LogP contribution in [0.5, 0.6) is 5.75 Å². The van der Waals surface area contributed by atoms with Crippen molar-refractivity contribution in [2.45, 2.75) is 51.2 Å². The number of rotatable bonds is 5. The van der Waals surface area contributed by atoms with Crippen molar-refractivity contribution in [1.29, 1.82) is 0 Å². The average molecular weight is 453 g/mol. The SMILES string of the molecule is CCCOc1cccc(C2C3=C(OC4CCCCC4C3=O)C(=O)N2c2ccc(Cl)cn2)c1. The number of ketones is 1. The second-order valence-corrected chi connectivity index (χ2v) is 8.92. The van der Waals surface area contributed by atoms with E-state index in [1.807, 2.05) is 31.2 Å². The molecule has 1 saturated carbocycles. The van der Waals surface area contributed by atoms with Gasteiger partial charge in [0.25, 0.3) is 5.91 Å². The molecule has 0 bridgehead atoms. The van der Waals surface area contributed by atoms with E-state index >= 15 is 0 Å². The van der Waals surface area contributed by atoms with Gasteiger partial charge in [0.05, 0.1) is 29.2 Å². The van der Waals surface area contributed by atoms with Crippen LogP contribution in [0.15, 0.2) is 53.9 Å². The number of hydrogen-bond acceptors (Lipinski definition) is 5. The van der Waals surface area contributed by atoms with E-state index in [9.17, 15) is 9.59 Å². The summed E-state index contributed by atoms with van der Waals surface area (Å²) in [7, 11) is 0. The third-order valence-electron chi connectivity index (χ3n) is 6.37. The minimum Gasteiger partial charge on any atom is -0.494 e. The van der Waals surface area contributed by atoms with Gasteiger partial charge in [-0.05, 0) is 55.5 Å². The highest BCUT2D eigenvalue weighted by Gasteiger charge is 2.52. The topological polar surface area (TPSA) is 68.7 Å². The van der Waals surface area contributed by atoms with Gasteiger partial charge in [-0.1, -0.05) is 37.1 Å². The Morgan fingerprint density at radius 1 is 1.19 bits per heavy atom. The molecule has 7 heteroatoms. The number of carbonyl (C=O) groups is 2. The highest BCUT2D eigenvalue weighted by atomic mass is 35.5. The maximum Gasteiger partial charge on any atom is 0.295 e. The second kappa shape index (κ2) is 8.58. The van der Waals surface area contributed by atoms with E-state index in [2.05, 4.69) is 4.98 Å². The lowest BCUT2D eigenvalue weighted by Crippen LogP contribution is -2.39. The number of Topliss-reactive ketones (excluding diaryl/α,β-unsaturated/α-hetero) is 1. The largest absolute Gasteiger partial charge is 0.494 e. The smallest absolute Gasteiger partial charge is 0.295 e.